The first-order chi connectivity index (χ1) is 10.7. The zero-order valence-electron chi connectivity index (χ0n) is 13.0. The lowest BCUT2D eigenvalue weighted by Gasteiger charge is -2.28. The van der Waals surface area contributed by atoms with Gasteiger partial charge in [0.25, 0.3) is 0 Å². The minimum absolute atomic E-state index is 0.229. The lowest BCUT2D eigenvalue weighted by atomic mass is 9.96. The van der Waals surface area contributed by atoms with E-state index in [1.165, 1.54) is 32.1 Å². The van der Waals surface area contributed by atoms with Crippen LogP contribution in [0.4, 0.5) is 0 Å². The van der Waals surface area contributed by atoms with E-state index in [1.54, 1.807) is 18.9 Å². The van der Waals surface area contributed by atoms with Gasteiger partial charge in [-0.15, -0.1) is 0 Å². The number of hydrazone groups is 1. The number of halogens is 1. The Morgan fingerprint density at radius 1 is 1.32 bits per heavy atom. The van der Waals surface area contributed by atoms with Crippen LogP contribution in [-0.2, 0) is 0 Å². The lowest BCUT2D eigenvalue weighted by Crippen LogP contribution is -2.43. The molecule has 0 amide bonds. The molecule has 120 valence electrons. The second kappa shape index (κ2) is 7.23. The van der Waals surface area contributed by atoms with Crippen molar-refractivity contribution in [2.75, 3.05) is 14.2 Å². The number of thioether (sulfide) groups is 1. The first-order valence-corrected chi connectivity index (χ1v) is 9.42. The molecule has 1 saturated carbocycles. The predicted molar refractivity (Wildman–Crippen MR) is 96.4 cm³/mol. The first-order valence-electron chi connectivity index (χ1n) is 7.75. The van der Waals surface area contributed by atoms with Crippen LogP contribution in [0.15, 0.2) is 27.8 Å². The molecule has 4 nitrogen and oxygen atoms in total. The van der Waals surface area contributed by atoms with E-state index in [0.717, 1.165) is 20.8 Å². The van der Waals surface area contributed by atoms with Gasteiger partial charge in [0.15, 0.2) is 0 Å². The molecule has 0 aromatic heterocycles. The zero-order valence-corrected chi connectivity index (χ0v) is 15.4. The SMILES string of the molecule is COc1cc(C2=NN(C)C(NC3CCCCC3)S2)ccc1Br. The van der Waals surface area contributed by atoms with Crippen LogP contribution in [0.5, 0.6) is 5.75 Å². The number of nitrogens with one attached hydrogen (secondary N) is 1. The van der Waals surface area contributed by atoms with Crippen molar-refractivity contribution in [3.05, 3.63) is 28.2 Å². The van der Waals surface area contributed by atoms with Crippen molar-refractivity contribution in [1.29, 1.82) is 0 Å². The third-order valence-corrected chi connectivity index (χ3v) is 6.05. The van der Waals surface area contributed by atoms with Crippen LogP contribution in [-0.4, -0.2) is 35.7 Å². The maximum absolute atomic E-state index is 5.38. The van der Waals surface area contributed by atoms with Crippen molar-refractivity contribution in [3.8, 4) is 5.75 Å². The van der Waals surface area contributed by atoms with Crippen LogP contribution >= 0.6 is 27.7 Å². The summed E-state index contributed by atoms with van der Waals surface area (Å²) in [6, 6.07) is 6.75. The molecule has 1 aliphatic carbocycles. The van der Waals surface area contributed by atoms with Crippen molar-refractivity contribution in [2.24, 2.45) is 5.10 Å². The van der Waals surface area contributed by atoms with Crippen LogP contribution in [0, 0.1) is 0 Å². The van der Waals surface area contributed by atoms with Gasteiger partial charge in [-0.1, -0.05) is 37.1 Å². The minimum Gasteiger partial charge on any atom is -0.496 e. The monoisotopic (exact) mass is 383 g/mol. The molecule has 1 aliphatic heterocycles. The van der Waals surface area contributed by atoms with Crippen molar-refractivity contribution in [2.45, 2.75) is 43.6 Å². The average Bonchev–Trinajstić information content (AvgIpc) is 2.90. The summed E-state index contributed by atoms with van der Waals surface area (Å²) in [5, 5.41) is 11.5. The maximum Gasteiger partial charge on any atom is 0.150 e. The van der Waals surface area contributed by atoms with Gasteiger partial charge in [0.05, 0.1) is 11.6 Å². The van der Waals surface area contributed by atoms with Crippen molar-refractivity contribution in [1.82, 2.24) is 10.3 Å². The summed E-state index contributed by atoms with van der Waals surface area (Å²) in [6.07, 6.45) is 6.64. The van der Waals surface area contributed by atoms with E-state index in [0.29, 0.717) is 6.04 Å². The van der Waals surface area contributed by atoms with Crippen LogP contribution in [0.1, 0.15) is 37.7 Å². The normalized spacial score (nSPS) is 22.8. The molecule has 0 bridgehead atoms. The zero-order chi connectivity index (χ0) is 15.5. The van der Waals surface area contributed by atoms with E-state index < -0.39 is 0 Å². The number of ether oxygens (including phenoxy) is 1. The summed E-state index contributed by atoms with van der Waals surface area (Å²) in [4.78, 5) is 0. The fourth-order valence-corrected chi connectivity index (χ4v) is 4.45. The molecule has 1 heterocycles. The second-order valence-corrected chi connectivity index (χ2v) is 7.72. The Bertz CT molecular complexity index is 560. The van der Waals surface area contributed by atoms with Gasteiger partial charge in [-0.25, -0.2) is 0 Å². The van der Waals surface area contributed by atoms with Crippen LogP contribution in [0.2, 0.25) is 0 Å². The van der Waals surface area contributed by atoms with Crippen LogP contribution in [0.25, 0.3) is 0 Å². The Morgan fingerprint density at radius 2 is 2.09 bits per heavy atom. The third-order valence-electron chi connectivity index (χ3n) is 4.19. The van der Waals surface area contributed by atoms with Gasteiger partial charge in [-0.05, 0) is 40.9 Å². The van der Waals surface area contributed by atoms with Crippen LogP contribution < -0.4 is 10.1 Å². The highest BCUT2D eigenvalue weighted by Gasteiger charge is 2.28. The third kappa shape index (κ3) is 3.60. The summed E-state index contributed by atoms with van der Waals surface area (Å²) < 4.78 is 6.35. The number of benzene rings is 1. The van der Waals surface area contributed by atoms with Gasteiger partial charge < -0.3 is 4.74 Å². The molecule has 3 rings (SSSR count). The smallest absolute Gasteiger partial charge is 0.150 e. The number of nitrogens with zero attached hydrogens (tertiary/aromatic N) is 2. The molecule has 1 atom stereocenters. The van der Waals surface area contributed by atoms with Gasteiger partial charge in [0.1, 0.15) is 16.3 Å². The van der Waals surface area contributed by atoms with E-state index >= 15 is 0 Å². The molecule has 1 fully saturated rings. The molecule has 0 saturated heterocycles. The van der Waals surface area contributed by atoms with Gasteiger partial charge in [-0.3, -0.25) is 10.3 Å². The Kier molecular flexibility index (Phi) is 5.31. The fourth-order valence-electron chi connectivity index (χ4n) is 2.93. The van der Waals surface area contributed by atoms with E-state index in [2.05, 4.69) is 27.3 Å². The molecule has 1 N–H and O–H groups in total. The van der Waals surface area contributed by atoms with Crippen molar-refractivity contribution >= 4 is 32.7 Å². The summed E-state index contributed by atoms with van der Waals surface area (Å²) in [7, 11) is 3.73. The lowest BCUT2D eigenvalue weighted by molar-refractivity contribution is 0.253. The molecule has 1 aromatic carbocycles. The van der Waals surface area contributed by atoms with E-state index in [4.69, 9.17) is 9.84 Å². The molecule has 6 heteroatoms. The summed E-state index contributed by atoms with van der Waals surface area (Å²) in [5.41, 5.74) is 1.33. The number of methoxy groups -OCH3 is 1. The highest BCUT2D eigenvalue weighted by molar-refractivity contribution is 9.10. The van der Waals surface area contributed by atoms with Gasteiger partial charge >= 0.3 is 0 Å². The molecule has 0 spiro atoms. The number of hydrogen-bond donors (Lipinski definition) is 1. The second-order valence-electron chi connectivity index (χ2n) is 5.80. The molecular formula is C16H22BrN3OS. The Hall–Kier alpha value is -0.720. The summed E-state index contributed by atoms with van der Waals surface area (Å²) in [5.74, 6) is 0.840. The molecule has 2 aliphatic rings. The van der Waals surface area contributed by atoms with E-state index in [9.17, 15) is 0 Å². The topological polar surface area (TPSA) is 36.9 Å². The minimum atomic E-state index is 0.229. The van der Waals surface area contributed by atoms with Gasteiger partial charge in [-0.2, -0.15) is 5.10 Å². The molecule has 1 unspecified atom stereocenters. The highest BCUT2D eigenvalue weighted by atomic mass is 79.9. The highest BCUT2D eigenvalue weighted by Crippen LogP contribution is 2.32. The van der Waals surface area contributed by atoms with Crippen molar-refractivity contribution in [3.63, 3.8) is 0 Å². The average molecular weight is 384 g/mol. The number of rotatable bonds is 4. The Balaban J connectivity index is 1.67. The Labute approximate surface area is 144 Å². The molecule has 1 aromatic rings. The molecular weight excluding hydrogens is 362 g/mol. The quantitative estimate of drug-likeness (QED) is 0.851. The summed E-state index contributed by atoms with van der Waals surface area (Å²) in [6.45, 7) is 0. The molecule has 22 heavy (non-hydrogen) atoms. The predicted octanol–water partition coefficient (Wildman–Crippen LogP) is 4.00. The van der Waals surface area contributed by atoms with Gasteiger partial charge in [0.2, 0.25) is 0 Å². The number of hydrogen-bond acceptors (Lipinski definition) is 5. The van der Waals surface area contributed by atoms with Crippen LogP contribution in [0.3, 0.4) is 0 Å². The largest absolute Gasteiger partial charge is 0.496 e. The maximum atomic E-state index is 5.38. The van der Waals surface area contributed by atoms with E-state index in [1.807, 2.05) is 24.2 Å². The summed E-state index contributed by atoms with van der Waals surface area (Å²) >= 11 is 5.28. The van der Waals surface area contributed by atoms with Crippen molar-refractivity contribution < 1.29 is 4.74 Å². The Morgan fingerprint density at radius 3 is 2.82 bits per heavy atom. The fraction of sp³-hybridized carbons (Fsp3) is 0.562. The first kappa shape index (κ1) is 16.1. The van der Waals surface area contributed by atoms with Gasteiger partial charge in [0, 0.05) is 18.7 Å². The standard InChI is InChI=1S/C16H22BrN3OS/c1-20-16(18-12-6-4-3-5-7-12)22-15(19-20)11-8-9-13(17)14(10-11)21-2/h8-10,12,16,18H,3-7H2,1-2H3. The molecule has 0 radical (unpaired) electrons. The van der Waals surface area contributed by atoms with E-state index in [-0.39, 0.29) is 5.50 Å².